The van der Waals surface area contributed by atoms with Gasteiger partial charge in [0.2, 0.25) is 5.91 Å². The van der Waals surface area contributed by atoms with Crippen molar-refractivity contribution in [2.24, 2.45) is 17.8 Å². The molecule has 2 saturated heterocycles. The number of carbonyl (C=O) groups excluding carboxylic acids is 2. The number of nitrogens with one attached hydrogen (secondary N) is 1. The Morgan fingerprint density at radius 3 is 2.04 bits per heavy atom. The van der Waals surface area contributed by atoms with Crippen LogP contribution in [-0.4, -0.2) is 48.4 Å². The highest BCUT2D eigenvalue weighted by atomic mass is 19.1. The lowest BCUT2D eigenvalue weighted by Gasteiger charge is -2.37. The number of ketones is 1. The molecule has 0 bridgehead atoms. The third-order valence-corrected chi connectivity index (χ3v) is 7.08. The van der Waals surface area contributed by atoms with Gasteiger partial charge in [-0.15, -0.1) is 0 Å². The van der Waals surface area contributed by atoms with Crippen LogP contribution in [0.5, 0.6) is 0 Å². The number of hydrogen-bond acceptors (Lipinski definition) is 3. The van der Waals surface area contributed by atoms with Crippen molar-refractivity contribution in [1.29, 1.82) is 0 Å². The number of piperidine rings is 2. The van der Waals surface area contributed by atoms with Crippen molar-refractivity contribution in [2.75, 3.05) is 26.2 Å². The first-order valence-corrected chi connectivity index (χ1v) is 11.7. The standard InChI is InChI=1S/C21H35FN2O2.C2H6/c1-16(25)18-2-4-19(5-3-18)20(26)24-14-7-17(8-15-24)6-9-21(22)10-12-23-13-11-21;1-2/h17-19,23H,2-15H2,1H3;1-2H3. The molecule has 2 heterocycles. The van der Waals surface area contributed by atoms with Gasteiger partial charge in [-0.05, 0) is 90.1 Å². The number of halogens is 1. The van der Waals surface area contributed by atoms with Gasteiger partial charge in [-0.2, -0.15) is 0 Å². The molecular weight excluding hydrogens is 355 g/mol. The Kier molecular flexibility index (Phi) is 9.39. The van der Waals surface area contributed by atoms with Crippen molar-refractivity contribution >= 4 is 11.7 Å². The number of hydrogen-bond donors (Lipinski definition) is 1. The number of carbonyl (C=O) groups is 2. The fourth-order valence-corrected chi connectivity index (χ4v) is 5.03. The summed E-state index contributed by atoms with van der Waals surface area (Å²) in [5, 5.41) is 3.23. The van der Waals surface area contributed by atoms with Crippen LogP contribution in [0, 0.1) is 17.8 Å². The van der Waals surface area contributed by atoms with Gasteiger partial charge in [-0.3, -0.25) is 9.59 Å². The van der Waals surface area contributed by atoms with Crippen LogP contribution < -0.4 is 5.32 Å². The quantitative estimate of drug-likeness (QED) is 0.743. The molecule has 4 nitrogen and oxygen atoms in total. The largest absolute Gasteiger partial charge is 0.342 e. The van der Waals surface area contributed by atoms with E-state index >= 15 is 0 Å². The van der Waals surface area contributed by atoms with Crippen molar-refractivity contribution in [3.05, 3.63) is 0 Å². The van der Waals surface area contributed by atoms with E-state index in [1.54, 1.807) is 6.92 Å². The van der Waals surface area contributed by atoms with Crippen LogP contribution >= 0.6 is 0 Å². The van der Waals surface area contributed by atoms with E-state index in [2.05, 4.69) is 5.32 Å². The second-order valence-corrected chi connectivity index (χ2v) is 8.87. The van der Waals surface area contributed by atoms with Crippen molar-refractivity contribution < 1.29 is 14.0 Å². The normalized spacial score (nSPS) is 28.2. The molecule has 3 rings (SSSR count). The molecular formula is C23H41FN2O2. The van der Waals surface area contributed by atoms with Gasteiger partial charge in [0.1, 0.15) is 11.5 Å². The summed E-state index contributed by atoms with van der Waals surface area (Å²) in [4.78, 5) is 26.3. The topological polar surface area (TPSA) is 49.4 Å². The molecule has 0 spiro atoms. The fourth-order valence-electron chi connectivity index (χ4n) is 5.03. The second-order valence-electron chi connectivity index (χ2n) is 8.87. The first-order valence-electron chi connectivity index (χ1n) is 11.7. The predicted octanol–water partition coefficient (Wildman–Crippen LogP) is 4.52. The van der Waals surface area contributed by atoms with Gasteiger partial charge >= 0.3 is 0 Å². The van der Waals surface area contributed by atoms with E-state index in [9.17, 15) is 14.0 Å². The van der Waals surface area contributed by atoms with Crippen LogP contribution in [0.4, 0.5) is 4.39 Å². The molecule has 5 heteroatoms. The summed E-state index contributed by atoms with van der Waals surface area (Å²) in [5.41, 5.74) is -0.965. The first-order chi connectivity index (χ1) is 13.5. The lowest BCUT2D eigenvalue weighted by atomic mass is 9.79. The summed E-state index contributed by atoms with van der Waals surface area (Å²) in [6.07, 6.45) is 8.44. The van der Waals surface area contributed by atoms with Crippen LogP contribution in [-0.2, 0) is 9.59 Å². The number of alkyl halides is 1. The van der Waals surface area contributed by atoms with E-state index in [1.807, 2.05) is 18.7 Å². The van der Waals surface area contributed by atoms with Crippen LogP contribution in [0.25, 0.3) is 0 Å². The molecule has 162 valence electrons. The minimum Gasteiger partial charge on any atom is -0.342 e. The average Bonchev–Trinajstić information content (AvgIpc) is 2.74. The summed E-state index contributed by atoms with van der Waals surface area (Å²) in [6.45, 7) is 8.93. The lowest BCUT2D eigenvalue weighted by Crippen LogP contribution is -2.43. The van der Waals surface area contributed by atoms with Crippen molar-refractivity contribution in [3.63, 3.8) is 0 Å². The molecule has 1 saturated carbocycles. The molecule has 2 aliphatic heterocycles. The molecule has 1 aliphatic carbocycles. The van der Waals surface area contributed by atoms with E-state index in [0.717, 1.165) is 71.1 Å². The number of nitrogens with zero attached hydrogens (tertiary/aromatic N) is 1. The first kappa shape index (κ1) is 23.3. The van der Waals surface area contributed by atoms with Crippen LogP contribution in [0.1, 0.15) is 85.0 Å². The number of rotatable bonds is 5. The van der Waals surface area contributed by atoms with Gasteiger partial charge in [0.05, 0.1) is 0 Å². The Bertz CT molecular complexity index is 489. The molecule has 3 fully saturated rings. The number of Topliss-reactive ketones (excluding diaryl/α,β-unsaturated/α-hetero) is 1. The van der Waals surface area contributed by atoms with Gasteiger partial charge in [0.25, 0.3) is 0 Å². The SMILES string of the molecule is CC.CC(=O)C1CCC(C(=O)N2CCC(CCC3(F)CCNCC3)CC2)CC1. The zero-order valence-electron chi connectivity index (χ0n) is 18.3. The smallest absolute Gasteiger partial charge is 0.225 e. The summed E-state index contributed by atoms with van der Waals surface area (Å²) in [7, 11) is 0. The summed E-state index contributed by atoms with van der Waals surface area (Å²) < 4.78 is 14.7. The van der Waals surface area contributed by atoms with E-state index in [-0.39, 0.29) is 17.6 Å². The summed E-state index contributed by atoms with van der Waals surface area (Å²) >= 11 is 0. The van der Waals surface area contributed by atoms with Gasteiger partial charge in [0, 0.05) is 24.9 Å². The summed E-state index contributed by atoms with van der Waals surface area (Å²) in [6, 6.07) is 0. The zero-order valence-corrected chi connectivity index (χ0v) is 18.3. The van der Waals surface area contributed by atoms with Crippen molar-refractivity contribution in [1.82, 2.24) is 10.2 Å². The molecule has 0 aromatic heterocycles. The molecule has 0 radical (unpaired) electrons. The Balaban J connectivity index is 0.00000136. The highest BCUT2D eigenvalue weighted by molar-refractivity contribution is 5.81. The average molecular weight is 397 g/mol. The minimum absolute atomic E-state index is 0.117. The van der Waals surface area contributed by atoms with Gasteiger partial charge < -0.3 is 10.2 Å². The van der Waals surface area contributed by atoms with Crippen LogP contribution in [0.3, 0.4) is 0 Å². The maximum absolute atomic E-state index is 14.7. The third-order valence-electron chi connectivity index (χ3n) is 7.08. The highest BCUT2D eigenvalue weighted by Crippen LogP contribution is 2.34. The van der Waals surface area contributed by atoms with E-state index in [4.69, 9.17) is 0 Å². The molecule has 3 aliphatic rings. The Labute approximate surface area is 171 Å². The number of likely N-dealkylation sites (tertiary alicyclic amines) is 1. The van der Waals surface area contributed by atoms with E-state index in [1.165, 1.54) is 0 Å². The highest BCUT2D eigenvalue weighted by Gasteiger charge is 2.35. The second kappa shape index (κ2) is 11.3. The summed E-state index contributed by atoms with van der Waals surface area (Å²) in [5.74, 6) is 1.43. The van der Waals surface area contributed by atoms with Crippen molar-refractivity contribution in [3.8, 4) is 0 Å². The Morgan fingerprint density at radius 1 is 0.964 bits per heavy atom. The maximum atomic E-state index is 14.7. The van der Waals surface area contributed by atoms with Gasteiger partial charge in [-0.25, -0.2) is 4.39 Å². The predicted molar refractivity (Wildman–Crippen MR) is 112 cm³/mol. The van der Waals surface area contributed by atoms with E-state index in [0.29, 0.717) is 31.1 Å². The lowest BCUT2D eigenvalue weighted by molar-refractivity contribution is -0.139. The molecule has 28 heavy (non-hydrogen) atoms. The molecule has 0 unspecified atom stereocenters. The maximum Gasteiger partial charge on any atom is 0.225 e. The molecule has 1 N–H and O–H groups in total. The fraction of sp³-hybridized carbons (Fsp3) is 0.913. The van der Waals surface area contributed by atoms with Crippen LogP contribution in [0.2, 0.25) is 0 Å². The zero-order chi connectivity index (χ0) is 20.6. The van der Waals surface area contributed by atoms with Crippen LogP contribution in [0.15, 0.2) is 0 Å². The van der Waals surface area contributed by atoms with E-state index < -0.39 is 5.67 Å². The monoisotopic (exact) mass is 396 g/mol. The van der Waals surface area contributed by atoms with Gasteiger partial charge in [0.15, 0.2) is 0 Å². The number of amides is 1. The van der Waals surface area contributed by atoms with Gasteiger partial charge in [-0.1, -0.05) is 13.8 Å². The minimum atomic E-state index is -0.965. The molecule has 1 amide bonds. The van der Waals surface area contributed by atoms with Crippen molar-refractivity contribution in [2.45, 2.75) is 90.6 Å². The Hall–Kier alpha value is -0.970. The molecule has 0 atom stereocenters. The molecule has 0 aromatic carbocycles. The molecule has 0 aromatic rings. The third kappa shape index (κ3) is 6.53. The Morgan fingerprint density at radius 2 is 1.50 bits per heavy atom.